The Labute approximate surface area is 92.1 Å². The summed E-state index contributed by atoms with van der Waals surface area (Å²) >= 11 is 0. The van der Waals surface area contributed by atoms with E-state index in [1.165, 1.54) is 6.92 Å². The Morgan fingerprint density at radius 3 is 2.06 bits per heavy atom. The summed E-state index contributed by atoms with van der Waals surface area (Å²) in [6.45, 7) is 1.33. The highest BCUT2D eigenvalue weighted by molar-refractivity contribution is 5.77. The van der Waals surface area contributed by atoms with Gasteiger partial charge in [-0.2, -0.15) is 0 Å². The lowest BCUT2D eigenvalue weighted by atomic mass is 10.1. The molecule has 0 saturated heterocycles. The normalized spacial score (nSPS) is 14.1. The molecular formula is C9H15NO6. The van der Waals surface area contributed by atoms with Crippen molar-refractivity contribution in [3.05, 3.63) is 0 Å². The SMILES string of the molecule is C[C@H](NC(CCCC(=O)O)C(=O)O)C(=O)O. The van der Waals surface area contributed by atoms with Gasteiger partial charge in [-0.1, -0.05) is 0 Å². The number of carbonyl (C=O) groups is 3. The summed E-state index contributed by atoms with van der Waals surface area (Å²) in [6, 6.07) is -2.02. The standard InChI is InChI=1S/C9H15NO6/c1-5(8(13)14)10-6(9(15)16)3-2-4-7(11)12/h5-6,10H,2-4H2,1H3,(H,11,12)(H,13,14)(H,15,16)/t5-,6?/m0/s1. The second-order valence-corrected chi connectivity index (χ2v) is 3.40. The second-order valence-electron chi connectivity index (χ2n) is 3.40. The third-order valence-corrected chi connectivity index (χ3v) is 2.00. The van der Waals surface area contributed by atoms with Crippen molar-refractivity contribution in [3.63, 3.8) is 0 Å². The Kier molecular flexibility index (Phi) is 6.09. The van der Waals surface area contributed by atoms with E-state index in [-0.39, 0.29) is 19.3 Å². The molecule has 0 aromatic rings. The predicted octanol–water partition coefficient (Wildman–Crippen LogP) is -0.243. The van der Waals surface area contributed by atoms with Crippen molar-refractivity contribution in [3.8, 4) is 0 Å². The van der Waals surface area contributed by atoms with Crippen molar-refractivity contribution in [2.45, 2.75) is 38.3 Å². The van der Waals surface area contributed by atoms with E-state index in [9.17, 15) is 14.4 Å². The monoisotopic (exact) mass is 233 g/mol. The van der Waals surface area contributed by atoms with Gasteiger partial charge in [-0.05, 0) is 19.8 Å². The third kappa shape index (κ3) is 5.97. The number of nitrogens with one attached hydrogen (secondary N) is 1. The molecule has 7 nitrogen and oxygen atoms in total. The van der Waals surface area contributed by atoms with E-state index in [0.717, 1.165) is 0 Å². The van der Waals surface area contributed by atoms with Crippen LogP contribution in [0.25, 0.3) is 0 Å². The Bertz CT molecular complexity index is 277. The molecule has 2 atom stereocenters. The van der Waals surface area contributed by atoms with Gasteiger partial charge in [0.1, 0.15) is 12.1 Å². The van der Waals surface area contributed by atoms with E-state index >= 15 is 0 Å². The lowest BCUT2D eigenvalue weighted by Crippen LogP contribution is -2.45. The highest BCUT2D eigenvalue weighted by Gasteiger charge is 2.22. The van der Waals surface area contributed by atoms with Crippen LogP contribution in [-0.2, 0) is 14.4 Å². The van der Waals surface area contributed by atoms with Gasteiger partial charge >= 0.3 is 17.9 Å². The van der Waals surface area contributed by atoms with Gasteiger partial charge in [-0.3, -0.25) is 19.7 Å². The van der Waals surface area contributed by atoms with Gasteiger partial charge in [0, 0.05) is 6.42 Å². The fourth-order valence-electron chi connectivity index (χ4n) is 1.11. The first-order valence-electron chi connectivity index (χ1n) is 4.78. The highest BCUT2D eigenvalue weighted by Crippen LogP contribution is 2.03. The second kappa shape index (κ2) is 6.78. The van der Waals surface area contributed by atoms with E-state index < -0.39 is 30.0 Å². The fourth-order valence-corrected chi connectivity index (χ4v) is 1.11. The summed E-state index contributed by atoms with van der Waals surface area (Å²) in [5.74, 6) is -3.33. The molecule has 0 fully saturated rings. The van der Waals surface area contributed by atoms with Gasteiger partial charge in [0.25, 0.3) is 0 Å². The molecular weight excluding hydrogens is 218 g/mol. The third-order valence-electron chi connectivity index (χ3n) is 2.00. The maximum absolute atomic E-state index is 10.7. The van der Waals surface area contributed by atoms with Gasteiger partial charge in [0.2, 0.25) is 0 Å². The topological polar surface area (TPSA) is 124 Å². The maximum atomic E-state index is 10.7. The van der Waals surface area contributed by atoms with Gasteiger partial charge in [0.05, 0.1) is 0 Å². The average Bonchev–Trinajstić information content (AvgIpc) is 2.14. The summed E-state index contributed by atoms with van der Waals surface area (Å²) in [5, 5.41) is 28.1. The molecule has 0 radical (unpaired) electrons. The van der Waals surface area contributed by atoms with Crippen molar-refractivity contribution in [1.29, 1.82) is 0 Å². The van der Waals surface area contributed by atoms with Crippen LogP contribution in [0.3, 0.4) is 0 Å². The zero-order valence-electron chi connectivity index (χ0n) is 8.84. The molecule has 0 aliphatic carbocycles. The van der Waals surface area contributed by atoms with Crippen molar-refractivity contribution in [1.82, 2.24) is 5.32 Å². The number of aliphatic carboxylic acids is 3. The van der Waals surface area contributed by atoms with Crippen LogP contribution >= 0.6 is 0 Å². The molecule has 0 rings (SSSR count). The van der Waals surface area contributed by atoms with E-state index in [0.29, 0.717) is 0 Å². The first-order valence-corrected chi connectivity index (χ1v) is 4.78. The van der Waals surface area contributed by atoms with Gasteiger partial charge in [-0.25, -0.2) is 0 Å². The van der Waals surface area contributed by atoms with Crippen LogP contribution in [0.4, 0.5) is 0 Å². The zero-order valence-corrected chi connectivity index (χ0v) is 8.84. The van der Waals surface area contributed by atoms with Gasteiger partial charge in [0.15, 0.2) is 0 Å². The molecule has 92 valence electrons. The molecule has 16 heavy (non-hydrogen) atoms. The summed E-state index contributed by atoms with van der Waals surface area (Å²) in [6.07, 6.45) is 0.137. The molecule has 1 unspecified atom stereocenters. The Balaban J connectivity index is 4.13. The molecule has 0 heterocycles. The quantitative estimate of drug-likeness (QED) is 0.456. The van der Waals surface area contributed by atoms with Gasteiger partial charge < -0.3 is 15.3 Å². The number of carboxylic acid groups (broad SMARTS) is 3. The molecule has 0 bridgehead atoms. The van der Waals surface area contributed by atoms with Crippen LogP contribution in [0.2, 0.25) is 0 Å². The molecule has 0 aromatic carbocycles. The Morgan fingerprint density at radius 1 is 1.12 bits per heavy atom. The highest BCUT2D eigenvalue weighted by atomic mass is 16.4. The summed E-state index contributed by atoms with van der Waals surface area (Å²) in [4.78, 5) is 31.4. The Hall–Kier alpha value is -1.63. The Morgan fingerprint density at radius 2 is 1.69 bits per heavy atom. The molecule has 0 spiro atoms. The summed E-state index contributed by atoms with van der Waals surface area (Å²) in [7, 11) is 0. The van der Waals surface area contributed by atoms with Crippen LogP contribution in [0.5, 0.6) is 0 Å². The van der Waals surface area contributed by atoms with E-state index in [4.69, 9.17) is 15.3 Å². The smallest absolute Gasteiger partial charge is 0.320 e. The summed E-state index contributed by atoms with van der Waals surface area (Å²) in [5.41, 5.74) is 0. The number of carboxylic acids is 3. The van der Waals surface area contributed by atoms with Crippen molar-refractivity contribution < 1.29 is 29.7 Å². The first kappa shape index (κ1) is 14.4. The fraction of sp³-hybridized carbons (Fsp3) is 0.667. The molecule has 0 saturated carbocycles. The van der Waals surface area contributed by atoms with E-state index in [2.05, 4.69) is 5.32 Å². The number of rotatable bonds is 8. The molecule has 4 N–H and O–H groups in total. The van der Waals surface area contributed by atoms with Crippen LogP contribution in [0.15, 0.2) is 0 Å². The molecule has 7 heteroatoms. The van der Waals surface area contributed by atoms with Crippen molar-refractivity contribution in [2.75, 3.05) is 0 Å². The van der Waals surface area contributed by atoms with Crippen molar-refractivity contribution >= 4 is 17.9 Å². The van der Waals surface area contributed by atoms with Crippen LogP contribution in [0.1, 0.15) is 26.2 Å². The lowest BCUT2D eigenvalue weighted by molar-refractivity contribution is -0.143. The zero-order chi connectivity index (χ0) is 12.7. The van der Waals surface area contributed by atoms with E-state index in [1.54, 1.807) is 0 Å². The molecule has 0 aliphatic rings. The number of hydrogen-bond acceptors (Lipinski definition) is 4. The van der Waals surface area contributed by atoms with Gasteiger partial charge in [-0.15, -0.1) is 0 Å². The molecule has 0 aromatic heterocycles. The molecule has 0 amide bonds. The van der Waals surface area contributed by atoms with Crippen LogP contribution < -0.4 is 5.32 Å². The molecule has 0 aliphatic heterocycles. The maximum Gasteiger partial charge on any atom is 0.320 e. The summed E-state index contributed by atoms with van der Waals surface area (Å²) < 4.78 is 0. The minimum absolute atomic E-state index is 0.0826. The predicted molar refractivity (Wildman–Crippen MR) is 53.1 cm³/mol. The minimum atomic E-state index is -1.18. The van der Waals surface area contributed by atoms with Crippen molar-refractivity contribution in [2.24, 2.45) is 0 Å². The van der Waals surface area contributed by atoms with Crippen LogP contribution in [-0.4, -0.2) is 45.3 Å². The van der Waals surface area contributed by atoms with Crippen LogP contribution in [0, 0.1) is 0 Å². The lowest BCUT2D eigenvalue weighted by Gasteiger charge is -2.16. The average molecular weight is 233 g/mol. The van der Waals surface area contributed by atoms with E-state index in [1.807, 2.05) is 0 Å². The minimum Gasteiger partial charge on any atom is -0.481 e. The first-order chi connectivity index (χ1) is 7.34. The largest absolute Gasteiger partial charge is 0.481 e. The number of hydrogen-bond donors (Lipinski definition) is 4.